The minimum Gasteiger partial charge on any atom is -0.374 e. The lowest BCUT2D eigenvalue weighted by atomic mass is 9.99. The summed E-state index contributed by atoms with van der Waals surface area (Å²) in [6.45, 7) is 7.93. The Hall–Kier alpha value is -3.76. The van der Waals surface area contributed by atoms with Gasteiger partial charge in [-0.25, -0.2) is 4.98 Å². The van der Waals surface area contributed by atoms with Crippen LogP contribution in [0.15, 0.2) is 85.2 Å². The fraction of sp³-hybridized carbons (Fsp3) is 0.290. The van der Waals surface area contributed by atoms with Crippen molar-refractivity contribution in [3.63, 3.8) is 0 Å². The van der Waals surface area contributed by atoms with Gasteiger partial charge in [0.25, 0.3) is 5.91 Å². The average Bonchev–Trinajstić information content (AvgIpc) is 3.00. The topological polar surface area (TPSA) is 95.5 Å². The van der Waals surface area contributed by atoms with Crippen LogP contribution in [0.2, 0.25) is 6.04 Å². The molecule has 0 unspecified atom stereocenters. The van der Waals surface area contributed by atoms with Crippen molar-refractivity contribution in [2.24, 2.45) is 0 Å². The molecule has 0 atom stereocenters. The second-order valence-corrected chi connectivity index (χ2v) is 11.7. The number of nitrogens with zero attached hydrogens (tertiary/aromatic N) is 3. The van der Waals surface area contributed by atoms with E-state index in [0.717, 1.165) is 33.9 Å². The minimum absolute atomic E-state index is 0.128. The first-order valence-corrected chi connectivity index (χ1v) is 15.7. The van der Waals surface area contributed by atoms with Gasteiger partial charge < -0.3 is 18.6 Å². The van der Waals surface area contributed by atoms with Crippen LogP contribution in [0.3, 0.4) is 0 Å². The number of aromatic nitrogens is 3. The Kier molecular flexibility index (Phi) is 10.6. The third-order valence-corrected chi connectivity index (χ3v) is 9.38. The van der Waals surface area contributed by atoms with Crippen LogP contribution in [0, 0.1) is 0 Å². The van der Waals surface area contributed by atoms with Crippen LogP contribution in [0.4, 0.5) is 0 Å². The molecular formula is C31H36N4O4Si. The summed E-state index contributed by atoms with van der Waals surface area (Å²) in [6, 6.07) is 23.7. The standard InChI is InChI=1S/C31H36N4O4Si/c1-4-37-40(38-5-2,39-6-3)23-11-22-34-31(36)25-16-14-24(15-17-25)26-18-19-28(27-12-7-9-20-32-27)35-30(26)29-13-8-10-21-33-29/h7-10,12-21H,4-6,11,22-23H2,1-3H3,(H,34,36). The second-order valence-electron chi connectivity index (χ2n) is 8.94. The minimum atomic E-state index is -2.72. The smallest absolute Gasteiger partial charge is 0.374 e. The van der Waals surface area contributed by atoms with E-state index >= 15 is 0 Å². The van der Waals surface area contributed by atoms with Gasteiger partial charge in [0.15, 0.2) is 0 Å². The molecule has 0 radical (unpaired) electrons. The molecule has 1 amide bonds. The summed E-state index contributed by atoms with van der Waals surface area (Å²) in [7, 11) is -2.72. The molecule has 0 aliphatic heterocycles. The Labute approximate surface area is 237 Å². The molecule has 3 aromatic heterocycles. The lowest BCUT2D eigenvalue weighted by Gasteiger charge is -2.28. The van der Waals surface area contributed by atoms with Crippen LogP contribution in [-0.4, -0.2) is 56.0 Å². The van der Waals surface area contributed by atoms with Gasteiger partial charge in [-0.05, 0) is 81.3 Å². The van der Waals surface area contributed by atoms with E-state index in [4.69, 9.17) is 18.3 Å². The van der Waals surface area contributed by atoms with Crippen LogP contribution in [0.25, 0.3) is 33.9 Å². The lowest BCUT2D eigenvalue weighted by molar-refractivity contribution is 0.0705. The highest BCUT2D eigenvalue weighted by Gasteiger charge is 2.39. The Morgan fingerprint density at radius 2 is 1.38 bits per heavy atom. The Bertz CT molecular complexity index is 1340. The first-order valence-electron chi connectivity index (χ1n) is 13.7. The molecule has 0 bridgehead atoms. The number of rotatable bonds is 14. The van der Waals surface area contributed by atoms with Crippen LogP contribution < -0.4 is 5.32 Å². The van der Waals surface area contributed by atoms with Crippen LogP contribution in [0.1, 0.15) is 37.6 Å². The molecule has 0 spiro atoms. The fourth-order valence-electron chi connectivity index (χ4n) is 4.46. The summed E-state index contributed by atoms with van der Waals surface area (Å²) in [4.78, 5) is 26.8. The molecule has 4 aromatic rings. The maximum Gasteiger partial charge on any atom is 0.500 e. The van der Waals surface area contributed by atoms with Gasteiger partial charge in [0.05, 0.1) is 22.8 Å². The van der Waals surface area contributed by atoms with Crippen molar-refractivity contribution in [3.8, 4) is 33.9 Å². The molecule has 0 fully saturated rings. The first kappa shape index (κ1) is 29.2. The summed E-state index contributed by atoms with van der Waals surface area (Å²) in [5.41, 5.74) is 5.54. The molecule has 208 valence electrons. The number of amides is 1. The van der Waals surface area contributed by atoms with Crippen molar-refractivity contribution >= 4 is 14.7 Å². The number of nitrogens with one attached hydrogen (secondary N) is 1. The number of benzene rings is 1. The van der Waals surface area contributed by atoms with E-state index < -0.39 is 8.80 Å². The van der Waals surface area contributed by atoms with Gasteiger partial charge in [0.1, 0.15) is 0 Å². The van der Waals surface area contributed by atoms with Crippen LogP contribution >= 0.6 is 0 Å². The maximum absolute atomic E-state index is 12.9. The van der Waals surface area contributed by atoms with E-state index in [-0.39, 0.29) is 5.91 Å². The summed E-state index contributed by atoms with van der Waals surface area (Å²) >= 11 is 0. The van der Waals surface area contributed by atoms with Gasteiger partial charge >= 0.3 is 8.80 Å². The molecule has 3 heterocycles. The number of hydrogen-bond acceptors (Lipinski definition) is 7. The van der Waals surface area contributed by atoms with Crippen molar-refractivity contribution in [2.75, 3.05) is 26.4 Å². The molecule has 0 saturated carbocycles. The third-order valence-electron chi connectivity index (χ3n) is 6.23. The van der Waals surface area contributed by atoms with E-state index in [9.17, 15) is 4.79 Å². The number of hydrogen-bond donors (Lipinski definition) is 1. The van der Waals surface area contributed by atoms with E-state index in [1.165, 1.54) is 0 Å². The quantitative estimate of drug-likeness (QED) is 0.149. The highest BCUT2D eigenvalue weighted by Crippen LogP contribution is 2.32. The molecule has 0 aliphatic rings. The normalized spacial score (nSPS) is 11.4. The molecular weight excluding hydrogens is 520 g/mol. The van der Waals surface area contributed by atoms with E-state index in [2.05, 4.69) is 15.3 Å². The summed E-state index contributed by atoms with van der Waals surface area (Å²) in [5, 5.41) is 3.01. The summed E-state index contributed by atoms with van der Waals surface area (Å²) in [6.07, 6.45) is 4.22. The van der Waals surface area contributed by atoms with E-state index in [1.54, 1.807) is 12.4 Å². The molecule has 0 saturated heterocycles. The zero-order chi connectivity index (χ0) is 28.2. The van der Waals surface area contributed by atoms with Crippen LogP contribution in [0.5, 0.6) is 0 Å². The highest BCUT2D eigenvalue weighted by atomic mass is 28.4. The lowest BCUT2D eigenvalue weighted by Crippen LogP contribution is -2.46. The molecule has 4 rings (SSSR count). The Morgan fingerprint density at radius 1 is 0.750 bits per heavy atom. The molecule has 9 heteroatoms. The second kappa shape index (κ2) is 14.6. The van der Waals surface area contributed by atoms with Gasteiger partial charge in [-0.3, -0.25) is 14.8 Å². The van der Waals surface area contributed by atoms with Gasteiger partial charge in [-0.1, -0.05) is 24.3 Å². The van der Waals surface area contributed by atoms with Gasteiger partial charge in [-0.15, -0.1) is 0 Å². The summed E-state index contributed by atoms with van der Waals surface area (Å²) in [5.74, 6) is -0.128. The Balaban J connectivity index is 1.47. The monoisotopic (exact) mass is 556 g/mol. The Morgan fingerprint density at radius 3 is 1.95 bits per heavy atom. The predicted octanol–water partition coefficient (Wildman–Crippen LogP) is 6.04. The van der Waals surface area contributed by atoms with Gasteiger partial charge in [0.2, 0.25) is 0 Å². The average molecular weight is 557 g/mol. The van der Waals surface area contributed by atoms with Crippen molar-refractivity contribution in [1.29, 1.82) is 0 Å². The number of carbonyl (C=O) groups excluding carboxylic acids is 1. The van der Waals surface area contributed by atoms with Crippen molar-refractivity contribution in [1.82, 2.24) is 20.3 Å². The van der Waals surface area contributed by atoms with Gasteiger partial charge in [0, 0.05) is 55.9 Å². The third kappa shape index (κ3) is 7.45. The molecule has 0 aliphatic carbocycles. The van der Waals surface area contributed by atoms with E-state index in [0.29, 0.717) is 44.4 Å². The van der Waals surface area contributed by atoms with Crippen LogP contribution in [-0.2, 0) is 13.3 Å². The van der Waals surface area contributed by atoms with Crippen molar-refractivity contribution < 1.29 is 18.1 Å². The van der Waals surface area contributed by atoms with E-state index in [1.807, 2.05) is 93.6 Å². The van der Waals surface area contributed by atoms with Crippen molar-refractivity contribution in [2.45, 2.75) is 33.2 Å². The molecule has 40 heavy (non-hydrogen) atoms. The maximum atomic E-state index is 12.9. The highest BCUT2D eigenvalue weighted by molar-refractivity contribution is 6.60. The largest absolute Gasteiger partial charge is 0.500 e. The summed E-state index contributed by atoms with van der Waals surface area (Å²) < 4.78 is 17.7. The number of pyridine rings is 3. The predicted molar refractivity (Wildman–Crippen MR) is 159 cm³/mol. The van der Waals surface area contributed by atoms with Crippen molar-refractivity contribution in [3.05, 3.63) is 90.8 Å². The molecule has 1 aromatic carbocycles. The molecule has 8 nitrogen and oxygen atoms in total. The first-order chi connectivity index (χ1) is 19.6. The van der Waals surface area contributed by atoms with Gasteiger partial charge in [-0.2, -0.15) is 0 Å². The number of carbonyl (C=O) groups is 1. The molecule has 1 N–H and O–H groups in total. The fourth-order valence-corrected chi connectivity index (χ4v) is 7.07. The zero-order valence-electron chi connectivity index (χ0n) is 23.3. The SMILES string of the molecule is CCO[Si](CCCNC(=O)c1ccc(-c2ccc(-c3ccccn3)nc2-c2ccccn2)cc1)(OCC)OCC. The zero-order valence-corrected chi connectivity index (χ0v) is 24.3.